The Morgan fingerprint density at radius 3 is 2.65 bits per heavy atom. The molecule has 1 aromatic carbocycles. The number of H-pyrrole nitrogens is 1. The molecule has 3 rings (SSSR count). The van der Waals surface area contributed by atoms with Crippen molar-refractivity contribution in [1.82, 2.24) is 14.5 Å². The second-order valence-electron chi connectivity index (χ2n) is 4.00. The molecule has 0 radical (unpaired) electrons. The highest BCUT2D eigenvalue weighted by molar-refractivity contribution is 7.21. The SMILES string of the molecule is COc1ccc(-n2c(=O)[nH]c(=O)c3sc(N)nc32)cc1. The van der Waals surface area contributed by atoms with Crippen molar-refractivity contribution in [1.29, 1.82) is 0 Å². The van der Waals surface area contributed by atoms with Gasteiger partial charge in [-0.2, -0.15) is 0 Å². The zero-order valence-corrected chi connectivity index (χ0v) is 11.2. The Bertz CT molecular complexity index is 892. The zero-order valence-electron chi connectivity index (χ0n) is 10.4. The average Bonchev–Trinajstić information content (AvgIpc) is 2.81. The molecule has 0 bridgehead atoms. The zero-order chi connectivity index (χ0) is 14.3. The van der Waals surface area contributed by atoms with Gasteiger partial charge in [-0.05, 0) is 24.3 Å². The summed E-state index contributed by atoms with van der Waals surface area (Å²) in [4.78, 5) is 30.1. The topological polar surface area (TPSA) is 103 Å². The molecule has 0 amide bonds. The number of benzene rings is 1. The van der Waals surface area contributed by atoms with Gasteiger partial charge in [0.2, 0.25) is 0 Å². The average molecular weight is 290 g/mol. The molecule has 0 fully saturated rings. The van der Waals surface area contributed by atoms with Crippen LogP contribution in [0.2, 0.25) is 0 Å². The third-order valence-electron chi connectivity index (χ3n) is 2.80. The first kappa shape index (κ1) is 12.4. The maximum Gasteiger partial charge on any atom is 0.334 e. The number of thiazole rings is 1. The second-order valence-corrected chi connectivity index (χ2v) is 5.03. The van der Waals surface area contributed by atoms with E-state index in [4.69, 9.17) is 10.5 Å². The monoisotopic (exact) mass is 290 g/mol. The predicted molar refractivity (Wildman–Crippen MR) is 76.8 cm³/mol. The summed E-state index contributed by atoms with van der Waals surface area (Å²) in [6.45, 7) is 0. The molecule has 0 aliphatic carbocycles. The van der Waals surface area contributed by atoms with E-state index in [2.05, 4.69) is 9.97 Å². The highest BCUT2D eigenvalue weighted by atomic mass is 32.1. The number of nitrogens with one attached hydrogen (secondary N) is 1. The van der Waals surface area contributed by atoms with Gasteiger partial charge in [-0.15, -0.1) is 0 Å². The summed E-state index contributed by atoms with van der Waals surface area (Å²) >= 11 is 1.04. The number of rotatable bonds is 2. The third-order valence-corrected chi connectivity index (χ3v) is 3.67. The van der Waals surface area contributed by atoms with Gasteiger partial charge in [0, 0.05) is 0 Å². The minimum atomic E-state index is -0.557. The van der Waals surface area contributed by atoms with Crippen molar-refractivity contribution in [3.63, 3.8) is 0 Å². The van der Waals surface area contributed by atoms with Gasteiger partial charge >= 0.3 is 5.69 Å². The van der Waals surface area contributed by atoms with Crippen LogP contribution in [-0.4, -0.2) is 21.6 Å². The second kappa shape index (κ2) is 4.49. The molecule has 8 heteroatoms. The highest BCUT2D eigenvalue weighted by Crippen LogP contribution is 2.22. The molecule has 3 N–H and O–H groups in total. The number of hydrogen-bond acceptors (Lipinski definition) is 6. The summed E-state index contributed by atoms with van der Waals surface area (Å²) in [5, 5.41) is 0.235. The Morgan fingerprint density at radius 1 is 1.30 bits per heavy atom. The number of ether oxygens (including phenoxy) is 1. The molecule has 0 saturated carbocycles. The lowest BCUT2D eigenvalue weighted by Crippen LogP contribution is -2.28. The first-order valence-electron chi connectivity index (χ1n) is 5.66. The summed E-state index contributed by atoms with van der Waals surface area (Å²) in [5.41, 5.74) is 5.41. The van der Waals surface area contributed by atoms with Crippen molar-refractivity contribution in [3.8, 4) is 11.4 Å². The maximum atomic E-state index is 12.0. The Balaban J connectivity index is 2.34. The van der Waals surface area contributed by atoms with Crippen LogP contribution in [0.5, 0.6) is 5.75 Å². The van der Waals surface area contributed by atoms with E-state index in [0.717, 1.165) is 11.3 Å². The van der Waals surface area contributed by atoms with Crippen LogP contribution in [0.15, 0.2) is 33.9 Å². The lowest BCUT2D eigenvalue weighted by atomic mass is 10.3. The molecule has 0 atom stereocenters. The van der Waals surface area contributed by atoms with Gasteiger partial charge in [-0.1, -0.05) is 11.3 Å². The molecular formula is C12H10N4O3S. The minimum Gasteiger partial charge on any atom is -0.497 e. The third kappa shape index (κ3) is 1.86. The first-order valence-corrected chi connectivity index (χ1v) is 6.47. The molecule has 0 spiro atoms. The van der Waals surface area contributed by atoms with Crippen LogP contribution >= 0.6 is 11.3 Å². The molecule has 0 aliphatic heterocycles. The highest BCUT2D eigenvalue weighted by Gasteiger charge is 2.13. The van der Waals surface area contributed by atoms with Gasteiger partial charge < -0.3 is 10.5 Å². The van der Waals surface area contributed by atoms with E-state index in [9.17, 15) is 9.59 Å². The van der Waals surface area contributed by atoms with Crippen LogP contribution in [0.25, 0.3) is 16.0 Å². The molecular weight excluding hydrogens is 280 g/mol. The van der Waals surface area contributed by atoms with E-state index in [-0.39, 0.29) is 10.8 Å². The van der Waals surface area contributed by atoms with Crippen LogP contribution in [-0.2, 0) is 0 Å². The van der Waals surface area contributed by atoms with Crippen molar-refractivity contribution in [2.24, 2.45) is 0 Å². The lowest BCUT2D eigenvalue weighted by molar-refractivity contribution is 0.414. The fourth-order valence-electron chi connectivity index (χ4n) is 1.90. The number of methoxy groups -OCH3 is 1. The van der Waals surface area contributed by atoms with Crippen LogP contribution in [0.4, 0.5) is 5.13 Å². The van der Waals surface area contributed by atoms with E-state index < -0.39 is 11.2 Å². The van der Waals surface area contributed by atoms with E-state index >= 15 is 0 Å². The quantitative estimate of drug-likeness (QED) is 0.724. The number of hydrogen-bond donors (Lipinski definition) is 2. The number of nitrogens with zero attached hydrogens (tertiary/aromatic N) is 2. The molecule has 7 nitrogen and oxygen atoms in total. The summed E-state index contributed by atoms with van der Waals surface area (Å²) in [7, 11) is 1.56. The smallest absolute Gasteiger partial charge is 0.334 e. The number of aromatic amines is 1. The number of nitrogens with two attached hydrogens (primary N) is 1. The van der Waals surface area contributed by atoms with Crippen molar-refractivity contribution < 1.29 is 4.74 Å². The minimum absolute atomic E-state index is 0.235. The number of anilines is 1. The van der Waals surface area contributed by atoms with E-state index in [1.54, 1.807) is 31.4 Å². The fraction of sp³-hybridized carbons (Fsp3) is 0.0833. The van der Waals surface area contributed by atoms with E-state index in [0.29, 0.717) is 16.1 Å². The number of aromatic nitrogens is 3. The predicted octanol–water partition coefficient (Wildman–Crippen LogP) is 0.726. The molecule has 3 aromatic rings. The summed E-state index contributed by atoms with van der Waals surface area (Å²) in [6, 6.07) is 6.84. The van der Waals surface area contributed by atoms with Gasteiger partial charge in [-0.3, -0.25) is 9.78 Å². The normalized spacial score (nSPS) is 10.8. The van der Waals surface area contributed by atoms with Gasteiger partial charge in [0.25, 0.3) is 5.56 Å². The largest absolute Gasteiger partial charge is 0.497 e. The Kier molecular flexibility index (Phi) is 2.79. The lowest BCUT2D eigenvalue weighted by Gasteiger charge is -2.06. The summed E-state index contributed by atoms with van der Waals surface area (Å²) in [5.74, 6) is 0.667. The van der Waals surface area contributed by atoms with Crippen LogP contribution in [0, 0.1) is 0 Å². The van der Waals surface area contributed by atoms with Crippen LogP contribution in [0.1, 0.15) is 0 Å². The Labute approximate surface area is 116 Å². The molecule has 2 aromatic heterocycles. The fourth-order valence-corrected chi connectivity index (χ4v) is 2.62. The van der Waals surface area contributed by atoms with E-state index in [1.165, 1.54) is 4.57 Å². The number of nitrogen functional groups attached to an aromatic ring is 1. The molecule has 0 saturated heterocycles. The van der Waals surface area contributed by atoms with Crippen LogP contribution in [0.3, 0.4) is 0 Å². The molecule has 102 valence electrons. The van der Waals surface area contributed by atoms with Gasteiger partial charge in [0.05, 0.1) is 12.8 Å². The van der Waals surface area contributed by atoms with E-state index in [1.807, 2.05) is 0 Å². The van der Waals surface area contributed by atoms with Crippen molar-refractivity contribution in [2.75, 3.05) is 12.8 Å². The van der Waals surface area contributed by atoms with Gasteiger partial charge in [-0.25, -0.2) is 14.3 Å². The standard InChI is InChI=1S/C12H10N4O3S/c1-19-7-4-2-6(3-5-7)16-9-8(20-11(13)14-9)10(17)15-12(16)18/h2-5H,1H3,(H2,13,14)(H,15,17,18). The summed E-state index contributed by atoms with van der Waals surface area (Å²) < 4.78 is 6.69. The molecule has 0 aliphatic rings. The van der Waals surface area contributed by atoms with Crippen LogP contribution < -0.4 is 21.7 Å². The van der Waals surface area contributed by atoms with Crippen molar-refractivity contribution in [3.05, 3.63) is 45.1 Å². The van der Waals surface area contributed by atoms with Crippen molar-refractivity contribution in [2.45, 2.75) is 0 Å². The Hall–Kier alpha value is -2.61. The molecule has 2 heterocycles. The Morgan fingerprint density at radius 2 is 2.00 bits per heavy atom. The number of fused-ring (bicyclic) bond motifs is 1. The maximum absolute atomic E-state index is 12.0. The van der Waals surface area contributed by atoms with Gasteiger partial charge in [0.15, 0.2) is 10.8 Å². The van der Waals surface area contributed by atoms with Gasteiger partial charge in [0.1, 0.15) is 10.4 Å². The molecule has 0 unspecified atom stereocenters. The molecule has 20 heavy (non-hydrogen) atoms. The van der Waals surface area contributed by atoms with Crippen molar-refractivity contribution >= 4 is 26.8 Å². The summed E-state index contributed by atoms with van der Waals surface area (Å²) in [6.07, 6.45) is 0. The first-order chi connectivity index (χ1) is 9.60.